The topological polar surface area (TPSA) is 293 Å². The maximum absolute atomic E-state index is 14.8. The number of anilines is 1. The first-order valence-corrected chi connectivity index (χ1v) is 20.9. The largest absolute Gasteiger partial charge is 0.492 e. The smallest absolute Gasteiger partial charge is 0.302 e. The van der Waals surface area contributed by atoms with Crippen LogP contribution >= 0.6 is 0 Å². The third-order valence-electron chi connectivity index (χ3n) is 12.8. The van der Waals surface area contributed by atoms with Crippen molar-refractivity contribution in [2.45, 2.75) is 93.0 Å². The van der Waals surface area contributed by atoms with Crippen molar-refractivity contribution in [2.75, 3.05) is 24.8 Å². The molecule has 1 spiro atoms. The number of hydrogen-bond acceptors (Lipinski definition) is 18. The summed E-state index contributed by atoms with van der Waals surface area (Å²) in [5, 5.41) is 67.0. The Bertz CT molecular complexity index is 2570. The van der Waals surface area contributed by atoms with Gasteiger partial charge < -0.3 is 65.0 Å². The van der Waals surface area contributed by atoms with Crippen molar-refractivity contribution in [3.8, 4) is 11.5 Å². The molecule has 334 valence electrons. The van der Waals surface area contributed by atoms with Gasteiger partial charge in [-0.05, 0) is 67.2 Å². The summed E-state index contributed by atoms with van der Waals surface area (Å²) in [4.78, 5) is 68.1. The Kier molecular flexibility index (Phi) is 11.3. The predicted molar refractivity (Wildman–Crippen MR) is 224 cm³/mol. The Labute approximate surface area is 364 Å². The van der Waals surface area contributed by atoms with Crippen LogP contribution in [0.15, 0.2) is 75.8 Å². The van der Waals surface area contributed by atoms with E-state index in [9.17, 15) is 49.8 Å². The zero-order valence-corrected chi connectivity index (χ0v) is 34.2. The maximum Gasteiger partial charge on any atom is 0.302 e. The van der Waals surface area contributed by atoms with Crippen molar-refractivity contribution in [1.29, 1.82) is 0 Å². The molecule has 3 aromatic carbocycles. The number of benzene rings is 3. The molecule has 9 rings (SSSR count). The van der Waals surface area contributed by atoms with Crippen molar-refractivity contribution in [2.24, 2.45) is 20.7 Å². The van der Waals surface area contributed by atoms with Gasteiger partial charge in [-0.15, -0.1) is 0 Å². The van der Waals surface area contributed by atoms with Gasteiger partial charge in [-0.3, -0.25) is 19.4 Å². The molecule has 1 amide bonds. The fourth-order valence-corrected chi connectivity index (χ4v) is 9.55. The number of ketones is 2. The number of nitrogens with zero attached hydrogens (tertiary/aromatic N) is 4. The number of para-hydroxylation sites is 1. The molecule has 2 bridgehead atoms. The number of fused-ring (bicyclic) bond motifs is 7. The zero-order valence-electron chi connectivity index (χ0n) is 34.2. The highest BCUT2D eigenvalue weighted by Crippen LogP contribution is 2.52. The van der Waals surface area contributed by atoms with Gasteiger partial charge in [0.05, 0.1) is 24.5 Å². The van der Waals surface area contributed by atoms with Crippen LogP contribution < -0.4 is 20.1 Å². The maximum atomic E-state index is 14.8. The number of allylic oxidation sites excluding steroid dienone is 1. The van der Waals surface area contributed by atoms with Crippen molar-refractivity contribution in [3.63, 3.8) is 0 Å². The number of guanidine groups is 1. The van der Waals surface area contributed by atoms with Crippen LogP contribution in [0, 0.1) is 0 Å². The highest BCUT2D eigenvalue weighted by molar-refractivity contribution is 6.72. The van der Waals surface area contributed by atoms with Crippen LogP contribution in [0.4, 0.5) is 5.69 Å². The molecule has 8 N–H and O–H groups in total. The number of carbonyl (C=O) groups is 4. The molecule has 3 aromatic rings. The zero-order chi connectivity index (χ0) is 45.1. The summed E-state index contributed by atoms with van der Waals surface area (Å²) in [5.74, 6) is -3.98. The molecule has 7 atom stereocenters. The number of ether oxygens (including phenoxy) is 4. The third-order valence-corrected chi connectivity index (χ3v) is 12.8. The monoisotopic (exact) mass is 879 g/mol. The Morgan fingerprint density at radius 3 is 2.52 bits per heavy atom. The molecule has 0 radical (unpaired) electrons. The number of rotatable bonds is 10. The van der Waals surface area contributed by atoms with Gasteiger partial charge in [0, 0.05) is 53.3 Å². The molecule has 6 aliphatic rings. The summed E-state index contributed by atoms with van der Waals surface area (Å²) < 4.78 is 26.2. The van der Waals surface area contributed by atoms with Crippen LogP contribution in [0.1, 0.15) is 93.0 Å². The van der Waals surface area contributed by atoms with E-state index >= 15 is 0 Å². The van der Waals surface area contributed by atoms with Gasteiger partial charge in [-0.1, -0.05) is 24.3 Å². The second-order valence-electron chi connectivity index (χ2n) is 16.6. The minimum atomic E-state index is -2.53. The van der Waals surface area contributed by atoms with E-state index in [0.717, 1.165) is 0 Å². The molecular weight excluding hydrogens is 835 g/mol. The van der Waals surface area contributed by atoms with E-state index in [1.54, 1.807) is 35.2 Å². The van der Waals surface area contributed by atoms with Gasteiger partial charge >= 0.3 is 5.91 Å². The van der Waals surface area contributed by atoms with Gasteiger partial charge in [0.25, 0.3) is 0 Å². The Morgan fingerprint density at radius 1 is 0.984 bits per heavy atom. The van der Waals surface area contributed by atoms with E-state index in [4.69, 9.17) is 24.7 Å². The van der Waals surface area contributed by atoms with Gasteiger partial charge in [0.15, 0.2) is 40.2 Å². The summed E-state index contributed by atoms with van der Waals surface area (Å²) >= 11 is 0. The van der Waals surface area contributed by atoms with Gasteiger partial charge in [-0.25, -0.2) is 0 Å². The number of amidine groups is 1. The van der Waals surface area contributed by atoms with Crippen LogP contribution in [0.5, 0.6) is 11.5 Å². The first-order chi connectivity index (χ1) is 30.8. The number of carbonyl (C=O) groups excluding carboxylic acids is 4. The van der Waals surface area contributed by atoms with Crippen molar-refractivity contribution in [3.05, 3.63) is 99.8 Å². The van der Waals surface area contributed by atoms with E-state index in [2.05, 4.69) is 15.0 Å². The molecule has 4 heterocycles. The molecule has 0 aromatic heterocycles. The molecular formula is C45H45N5O14. The van der Waals surface area contributed by atoms with E-state index in [-0.39, 0.29) is 64.2 Å². The minimum Gasteiger partial charge on any atom is -0.492 e. The number of nitrogens with two attached hydrogens (primary N) is 1. The van der Waals surface area contributed by atoms with Gasteiger partial charge in [0.1, 0.15) is 43.5 Å². The third kappa shape index (κ3) is 7.00. The number of aliphatic hydroxyl groups excluding tert-OH is 5. The lowest BCUT2D eigenvalue weighted by Gasteiger charge is -2.51. The number of aliphatic hydroxyl groups is 6. The molecule has 0 unspecified atom stereocenters. The van der Waals surface area contributed by atoms with Crippen LogP contribution in [-0.2, 0) is 25.7 Å². The lowest BCUT2D eigenvalue weighted by molar-refractivity contribution is -0.342. The lowest BCUT2D eigenvalue weighted by atomic mass is 9.78. The van der Waals surface area contributed by atoms with Crippen LogP contribution in [0.2, 0.25) is 0 Å². The Balaban J connectivity index is 1.33. The van der Waals surface area contributed by atoms with Crippen LogP contribution in [0.25, 0.3) is 0 Å². The molecule has 1 saturated carbocycles. The fourth-order valence-electron chi connectivity index (χ4n) is 9.55. The van der Waals surface area contributed by atoms with Gasteiger partial charge in [-0.2, -0.15) is 9.98 Å². The second-order valence-corrected chi connectivity index (χ2v) is 16.6. The van der Waals surface area contributed by atoms with Crippen molar-refractivity contribution >= 4 is 47.0 Å². The number of aldehydes is 1. The number of aliphatic imine (C=N–C) groups is 3. The number of amides is 1. The molecule has 2 aliphatic carbocycles. The molecule has 4 aliphatic heterocycles. The summed E-state index contributed by atoms with van der Waals surface area (Å²) in [6, 6.07) is 12.7. The summed E-state index contributed by atoms with van der Waals surface area (Å²) in [5.41, 5.74) is 2.92. The number of hydrogen-bond donors (Lipinski definition) is 7. The van der Waals surface area contributed by atoms with Crippen LogP contribution in [0.3, 0.4) is 0 Å². The van der Waals surface area contributed by atoms with Crippen molar-refractivity contribution < 1.29 is 68.8 Å². The predicted octanol–water partition coefficient (Wildman–Crippen LogP) is 0.683. The van der Waals surface area contributed by atoms with E-state index in [1.807, 2.05) is 0 Å². The average molecular weight is 880 g/mol. The summed E-state index contributed by atoms with van der Waals surface area (Å²) in [7, 11) is 0. The summed E-state index contributed by atoms with van der Waals surface area (Å²) in [6.45, 7) is -1.84. The minimum absolute atomic E-state index is 0.0204. The normalized spacial score (nSPS) is 27.7. The van der Waals surface area contributed by atoms with Gasteiger partial charge in [0.2, 0.25) is 12.2 Å². The van der Waals surface area contributed by atoms with E-state index < -0.39 is 97.3 Å². The second kappa shape index (κ2) is 16.7. The summed E-state index contributed by atoms with van der Waals surface area (Å²) in [6.07, 6.45) is -3.84. The highest BCUT2D eigenvalue weighted by Gasteiger charge is 2.62. The highest BCUT2D eigenvalue weighted by atomic mass is 16.7. The molecule has 2 fully saturated rings. The fraction of sp³-hybridized carbons (Fsp3) is 0.400. The molecule has 19 nitrogen and oxygen atoms in total. The first kappa shape index (κ1) is 43.1. The average Bonchev–Trinajstić information content (AvgIpc) is 3.94. The van der Waals surface area contributed by atoms with E-state index in [0.29, 0.717) is 48.8 Å². The van der Waals surface area contributed by atoms with Crippen LogP contribution in [-0.4, -0.2) is 134 Å². The van der Waals surface area contributed by atoms with E-state index in [1.165, 1.54) is 30.5 Å². The van der Waals surface area contributed by atoms with Crippen molar-refractivity contribution in [1.82, 2.24) is 0 Å². The first-order valence-electron chi connectivity index (χ1n) is 20.9. The molecule has 1 saturated heterocycles. The molecule has 19 heteroatoms. The Morgan fingerprint density at radius 2 is 1.77 bits per heavy atom. The molecule has 64 heavy (non-hydrogen) atoms. The SMILES string of the molecule is NC1=NC(=O)C2=NCN(c3ccccc3[C@@H]3/C=C\OC4(CCCC4)[C@@H]4O[C@H](Oc5c3cc3c(c5OC[C@H](O)CC=O)C(=O)c5cc(CO)ccc5C3=O)[C@](O)(CCO)[C@H](O)[C@H]4O)C2=N1. The standard InChI is InChI=1S/C45H45N5O14/c46-43-48-40-32(41(59)49-43)47-21-50(40)30-6-2-1-5-25(30)24-10-16-62-44(11-3-4-12-44)39-35(57)38(58)45(60,13-15-52)42(64-39)63-36-28(24)18-29-31(37(36)61-20-23(54)9-14-51)34(56)27-17-22(19-53)7-8-26(27)33(29)55/h1-2,5-8,10,14,16-18,23-24,35,38-39,42,52-54,57-58,60H,3-4,9,11-13,15,19-21H2,(H2,46,49,59)/b16-10-/t23-,24+,35-,38-,39-,42+,45+/m1/s1. The Hall–Kier alpha value is -6.19. The lowest BCUT2D eigenvalue weighted by Crippen LogP contribution is -2.71. The quantitative estimate of drug-likeness (QED) is 0.108.